The molecule has 0 radical (unpaired) electrons. The van der Waals surface area contributed by atoms with E-state index in [1.54, 1.807) is 12.4 Å². The highest BCUT2D eigenvalue weighted by atomic mass is 19.1. The standard InChI is InChI=1S/C16H18F2N2O/c1-11(13-4-6-19-7-5-13)20(2)10-12-8-14(17)16(21-3)15(18)9-12/h4-9,11H,10H2,1-3H3. The largest absolute Gasteiger partial charge is 0.491 e. The minimum atomic E-state index is -0.683. The zero-order valence-electron chi connectivity index (χ0n) is 12.3. The quantitative estimate of drug-likeness (QED) is 0.842. The zero-order valence-corrected chi connectivity index (χ0v) is 12.3. The van der Waals surface area contributed by atoms with Gasteiger partial charge in [0.05, 0.1) is 7.11 Å². The molecule has 0 saturated heterocycles. The van der Waals surface area contributed by atoms with E-state index in [1.807, 2.05) is 31.0 Å². The molecule has 5 heteroatoms. The summed E-state index contributed by atoms with van der Waals surface area (Å²) in [5, 5.41) is 0. The van der Waals surface area contributed by atoms with Crippen LogP contribution in [0.25, 0.3) is 0 Å². The molecule has 1 aromatic heterocycles. The Morgan fingerprint density at radius 2 is 1.76 bits per heavy atom. The van der Waals surface area contributed by atoms with Crippen LogP contribution in [0.2, 0.25) is 0 Å². The minimum absolute atomic E-state index is 0.112. The van der Waals surface area contributed by atoms with E-state index in [9.17, 15) is 8.78 Å². The normalized spacial score (nSPS) is 12.5. The molecule has 0 saturated carbocycles. The molecule has 0 N–H and O–H groups in total. The molecule has 21 heavy (non-hydrogen) atoms. The average molecular weight is 292 g/mol. The number of aromatic nitrogens is 1. The maximum absolute atomic E-state index is 13.7. The number of ether oxygens (including phenoxy) is 1. The summed E-state index contributed by atoms with van der Waals surface area (Å²) in [6.45, 7) is 2.47. The van der Waals surface area contributed by atoms with Crippen LogP contribution in [0, 0.1) is 11.6 Å². The zero-order chi connectivity index (χ0) is 15.4. The van der Waals surface area contributed by atoms with Crippen molar-refractivity contribution in [3.63, 3.8) is 0 Å². The molecule has 1 unspecified atom stereocenters. The molecule has 1 atom stereocenters. The van der Waals surface area contributed by atoms with Crippen LogP contribution in [0.4, 0.5) is 8.78 Å². The second-order valence-corrected chi connectivity index (χ2v) is 4.96. The van der Waals surface area contributed by atoms with Crippen molar-refractivity contribution in [2.75, 3.05) is 14.2 Å². The van der Waals surface area contributed by atoms with Gasteiger partial charge in [0.2, 0.25) is 0 Å². The van der Waals surface area contributed by atoms with Crippen LogP contribution in [0.5, 0.6) is 5.75 Å². The van der Waals surface area contributed by atoms with Gasteiger partial charge in [-0.2, -0.15) is 0 Å². The number of hydrogen-bond acceptors (Lipinski definition) is 3. The van der Waals surface area contributed by atoms with Crippen LogP contribution in [0.3, 0.4) is 0 Å². The molecule has 1 aromatic carbocycles. The first kappa shape index (κ1) is 15.4. The van der Waals surface area contributed by atoms with Crippen molar-refractivity contribution in [1.82, 2.24) is 9.88 Å². The molecule has 0 spiro atoms. The Hall–Kier alpha value is -2.01. The van der Waals surface area contributed by atoms with E-state index >= 15 is 0 Å². The van der Waals surface area contributed by atoms with Gasteiger partial charge in [0.25, 0.3) is 0 Å². The number of hydrogen-bond donors (Lipinski definition) is 0. The SMILES string of the molecule is COc1c(F)cc(CN(C)C(C)c2ccncc2)cc1F. The number of nitrogens with zero attached hydrogens (tertiary/aromatic N) is 2. The van der Waals surface area contributed by atoms with Crippen molar-refractivity contribution in [2.45, 2.75) is 19.5 Å². The summed E-state index contributed by atoms with van der Waals surface area (Å²) in [6.07, 6.45) is 3.46. The van der Waals surface area contributed by atoms with Crippen molar-refractivity contribution >= 4 is 0 Å². The van der Waals surface area contributed by atoms with Crippen LogP contribution in [0.15, 0.2) is 36.7 Å². The van der Waals surface area contributed by atoms with E-state index in [1.165, 1.54) is 19.2 Å². The molecule has 0 aliphatic rings. The third-order valence-corrected chi connectivity index (χ3v) is 3.54. The molecule has 0 fully saturated rings. The van der Waals surface area contributed by atoms with Gasteiger partial charge in [0.15, 0.2) is 17.4 Å². The lowest BCUT2D eigenvalue weighted by Gasteiger charge is -2.25. The van der Waals surface area contributed by atoms with Crippen molar-refractivity contribution in [3.05, 3.63) is 59.4 Å². The topological polar surface area (TPSA) is 25.4 Å². The van der Waals surface area contributed by atoms with E-state index in [0.29, 0.717) is 12.1 Å². The van der Waals surface area contributed by atoms with Gasteiger partial charge >= 0.3 is 0 Å². The summed E-state index contributed by atoms with van der Waals surface area (Å²) in [5.41, 5.74) is 1.66. The molecule has 0 bridgehead atoms. The molecule has 3 nitrogen and oxygen atoms in total. The average Bonchev–Trinajstić information content (AvgIpc) is 2.47. The third kappa shape index (κ3) is 3.55. The maximum Gasteiger partial charge on any atom is 0.190 e. The predicted octanol–water partition coefficient (Wildman–Crippen LogP) is 3.56. The highest BCUT2D eigenvalue weighted by molar-refractivity contribution is 5.31. The number of rotatable bonds is 5. The number of pyridine rings is 1. The summed E-state index contributed by atoms with van der Waals surface area (Å²) in [7, 11) is 3.16. The van der Waals surface area contributed by atoms with Crippen molar-refractivity contribution in [2.24, 2.45) is 0 Å². The van der Waals surface area contributed by atoms with Gasteiger partial charge in [-0.25, -0.2) is 8.78 Å². The Bertz CT molecular complexity index is 581. The van der Waals surface area contributed by atoms with Crippen molar-refractivity contribution in [3.8, 4) is 5.75 Å². The molecule has 2 aromatic rings. The Morgan fingerprint density at radius 1 is 1.19 bits per heavy atom. The van der Waals surface area contributed by atoms with Crippen LogP contribution < -0.4 is 4.74 Å². The number of halogens is 2. The van der Waals surface area contributed by atoms with Gasteiger partial charge in [-0.1, -0.05) is 0 Å². The van der Waals surface area contributed by atoms with Gasteiger partial charge in [-0.05, 0) is 49.4 Å². The van der Waals surface area contributed by atoms with E-state index < -0.39 is 11.6 Å². The predicted molar refractivity (Wildman–Crippen MR) is 77.0 cm³/mol. The molecule has 0 amide bonds. The van der Waals surface area contributed by atoms with E-state index in [0.717, 1.165) is 5.56 Å². The second-order valence-electron chi connectivity index (χ2n) is 4.96. The van der Waals surface area contributed by atoms with Crippen LogP contribution in [-0.4, -0.2) is 24.0 Å². The molecule has 1 heterocycles. The molecular formula is C16H18F2N2O. The Balaban J connectivity index is 2.14. The summed E-state index contributed by atoms with van der Waals surface area (Å²) in [4.78, 5) is 5.99. The molecule has 2 rings (SSSR count). The number of methoxy groups -OCH3 is 1. The summed E-state index contributed by atoms with van der Waals surface area (Å²) in [6, 6.07) is 6.57. The van der Waals surface area contributed by atoms with Crippen LogP contribution in [0.1, 0.15) is 24.1 Å². The van der Waals surface area contributed by atoms with E-state index in [4.69, 9.17) is 0 Å². The third-order valence-electron chi connectivity index (χ3n) is 3.54. The monoisotopic (exact) mass is 292 g/mol. The number of benzene rings is 1. The smallest absolute Gasteiger partial charge is 0.190 e. The molecule has 0 aliphatic heterocycles. The highest BCUT2D eigenvalue weighted by Gasteiger charge is 2.15. The first-order chi connectivity index (χ1) is 10.0. The minimum Gasteiger partial charge on any atom is -0.491 e. The Labute approximate surface area is 123 Å². The summed E-state index contributed by atoms with van der Waals surface area (Å²) >= 11 is 0. The lowest BCUT2D eigenvalue weighted by molar-refractivity contribution is 0.251. The fraction of sp³-hybridized carbons (Fsp3) is 0.312. The van der Waals surface area contributed by atoms with Crippen molar-refractivity contribution in [1.29, 1.82) is 0 Å². The van der Waals surface area contributed by atoms with Crippen LogP contribution >= 0.6 is 0 Å². The molecule has 0 aliphatic carbocycles. The first-order valence-electron chi connectivity index (χ1n) is 6.65. The molecule has 112 valence electrons. The van der Waals surface area contributed by atoms with Gasteiger partial charge in [-0.15, -0.1) is 0 Å². The Kier molecular flexibility index (Phi) is 4.85. The van der Waals surface area contributed by atoms with Crippen LogP contribution in [-0.2, 0) is 6.54 Å². The van der Waals surface area contributed by atoms with Gasteiger partial charge in [0.1, 0.15) is 0 Å². The van der Waals surface area contributed by atoms with E-state index in [2.05, 4.69) is 9.72 Å². The maximum atomic E-state index is 13.7. The fourth-order valence-electron chi connectivity index (χ4n) is 2.22. The summed E-state index contributed by atoms with van der Waals surface area (Å²) in [5.74, 6) is -1.71. The first-order valence-corrected chi connectivity index (χ1v) is 6.65. The lowest BCUT2D eigenvalue weighted by Crippen LogP contribution is -2.22. The van der Waals surface area contributed by atoms with E-state index in [-0.39, 0.29) is 11.8 Å². The van der Waals surface area contributed by atoms with Gasteiger partial charge < -0.3 is 4.74 Å². The Morgan fingerprint density at radius 3 is 2.29 bits per heavy atom. The van der Waals surface area contributed by atoms with Crippen molar-refractivity contribution < 1.29 is 13.5 Å². The van der Waals surface area contributed by atoms with Gasteiger partial charge in [0, 0.05) is 25.0 Å². The second kappa shape index (κ2) is 6.63. The highest BCUT2D eigenvalue weighted by Crippen LogP contribution is 2.25. The lowest BCUT2D eigenvalue weighted by atomic mass is 10.1. The van der Waals surface area contributed by atoms with Gasteiger partial charge in [-0.3, -0.25) is 9.88 Å². The summed E-state index contributed by atoms with van der Waals surface area (Å²) < 4.78 is 32.1. The molecular weight excluding hydrogens is 274 g/mol. The fourth-order valence-corrected chi connectivity index (χ4v) is 2.22.